The summed E-state index contributed by atoms with van der Waals surface area (Å²) in [4.78, 5) is 0. The van der Waals surface area contributed by atoms with E-state index in [9.17, 15) is 8.42 Å². The van der Waals surface area contributed by atoms with Crippen LogP contribution in [-0.4, -0.2) is 45.6 Å². The first-order valence-corrected chi connectivity index (χ1v) is 5.91. The molecule has 6 heteroatoms. The van der Waals surface area contributed by atoms with Gasteiger partial charge in [-0.1, -0.05) is 6.08 Å². The maximum atomic E-state index is 11.3. The standard InChI is InChI=1S/C8H17NO4S/c1-3-6-14(11,12)9-8(4-5-10)7-13-2/h3,8-10H,1,4-7H2,2H3. The summed E-state index contributed by atoms with van der Waals surface area (Å²) in [6, 6.07) is -0.380. The second kappa shape index (κ2) is 6.94. The number of methoxy groups -OCH3 is 1. The van der Waals surface area contributed by atoms with Gasteiger partial charge in [-0.25, -0.2) is 13.1 Å². The van der Waals surface area contributed by atoms with Crippen molar-refractivity contribution in [3.63, 3.8) is 0 Å². The van der Waals surface area contributed by atoms with Crippen LogP contribution in [0.25, 0.3) is 0 Å². The van der Waals surface area contributed by atoms with Gasteiger partial charge < -0.3 is 9.84 Å². The summed E-state index contributed by atoms with van der Waals surface area (Å²) in [6.07, 6.45) is 1.65. The van der Waals surface area contributed by atoms with Crippen molar-refractivity contribution in [2.24, 2.45) is 0 Å². The van der Waals surface area contributed by atoms with Crippen LogP contribution < -0.4 is 4.72 Å². The van der Waals surface area contributed by atoms with Gasteiger partial charge in [0.1, 0.15) is 0 Å². The second-order valence-corrected chi connectivity index (χ2v) is 4.65. The van der Waals surface area contributed by atoms with E-state index in [0.29, 0.717) is 6.42 Å². The minimum absolute atomic E-state index is 0.0787. The van der Waals surface area contributed by atoms with Gasteiger partial charge in [0.25, 0.3) is 0 Å². The Labute approximate surface area is 84.8 Å². The Morgan fingerprint density at radius 1 is 1.64 bits per heavy atom. The highest BCUT2D eigenvalue weighted by atomic mass is 32.2. The molecule has 14 heavy (non-hydrogen) atoms. The Morgan fingerprint density at radius 2 is 2.29 bits per heavy atom. The molecule has 0 aliphatic rings. The molecule has 0 bridgehead atoms. The molecule has 0 aromatic rings. The largest absolute Gasteiger partial charge is 0.396 e. The van der Waals surface area contributed by atoms with E-state index in [1.54, 1.807) is 0 Å². The van der Waals surface area contributed by atoms with Crippen LogP contribution >= 0.6 is 0 Å². The quantitative estimate of drug-likeness (QED) is 0.543. The molecule has 1 atom stereocenters. The summed E-state index contributed by atoms with van der Waals surface area (Å²) in [5, 5.41) is 8.68. The lowest BCUT2D eigenvalue weighted by Gasteiger charge is -2.15. The van der Waals surface area contributed by atoms with Crippen molar-refractivity contribution < 1.29 is 18.3 Å². The monoisotopic (exact) mass is 223 g/mol. The number of hydrogen-bond acceptors (Lipinski definition) is 4. The van der Waals surface area contributed by atoms with Gasteiger partial charge in [-0.05, 0) is 6.42 Å². The molecule has 2 N–H and O–H groups in total. The molecule has 1 unspecified atom stereocenters. The topological polar surface area (TPSA) is 75.6 Å². The number of aliphatic hydroxyl groups excluding tert-OH is 1. The van der Waals surface area contributed by atoms with Crippen LogP contribution in [0, 0.1) is 0 Å². The summed E-state index contributed by atoms with van der Waals surface area (Å²) in [5.74, 6) is -0.126. The summed E-state index contributed by atoms with van der Waals surface area (Å²) in [6.45, 7) is 3.51. The number of hydrogen-bond donors (Lipinski definition) is 2. The van der Waals surface area contributed by atoms with Gasteiger partial charge in [-0.15, -0.1) is 6.58 Å². The molecule has 0 radical (unpaired) electrons. The van der Waals surface area contributed by atoms with Crippen molar-refractivity contribution in [3.8, 4) is 0 Å². The van der Waals surface area contributed by atoms with Crippen molar-refractivity contribution in [1.29, 1.82) is 0 Å². The highest BCUT2D eigenvalue weighted by Crippen LogP contribution is 1.96. The zero-order valence-electron chi connectivity index (χ0n) is 8.27. The summed E-state index contributed by atoms with van der Waals surface area (Å²) in [7, 11) is -1.86. The molecule has 0 aliphatic carbocycles. The number of ether oxygens (including phenoxy) is 1. The second-order valence-electron chi connectivity index (χ2n) is 2.85. The Balaban J connectivity index is 4.19. The molecule has 0 spiro atoms. The Bertz CT molecular complexity index is 244. The lowest BCUT2D eigenvalue weighted by molar-refractivity contribution is 0.158. The van der Waals surface area contributed by atoms with Gasteiger partial charge in [-0.2, -0.15) is 0 Å². The average molecular weight is 223 g/mol. The highest BCUT2D eigenvalue weighted by molar-refractivity contribution is 7.89. The van der Waals surface area contributed by atoms with Crippen molar-refractivity contribution in [2.75, 3.05) is 26.1 Å². The van der Waals surface area contributed by atoms with Gasteiger partial charge >= 0.3 is 0 Å². The normalized spacial score (nSPS) is 13.9. The molecular formula is C8H17NO4S. The van der Waals surface area contributed by atoms with E-state index < -0.39 is 10.0 Å². The van der Waals surface area contributed by atoms with Crippen LogP contribution in [-0.2, 0) is 14.8 Å². The molecular weight excluding hydrogens is 206 g/mol. The maximum Gasteiger partial charge on any atom is 0.215 e. The molecule has 84 valence electrons. The van der Waals surface area contributed by atoms with Crippen LogP contribution in [0.1, 0.15) is 6.42 Å². The van der Waals surface area contributed by atoms with Gasteiger partial charge in [0.15, 0.2) is 0 Å². The van der Waals surface area contributed by atoms with Crippen molar-refractivity contribution >= 4 is 10.0 Å². The molecule has 0 fully saturated rings. The molecule has 0 saturated carbocycles. The number of nitrogens with one attached hydrogen (secondary N) is 1. The van der Waals surface area contributed by atoms with Crippen LogP contribution in [0.2, 0.25) is 0 Å². The highest BCUT2D eigenvalue weighted by Gasteiger charge is 2.15. The van der Waals surface area contributed by atoms with Gasteiger partial charge in [0.05, 0.1) is 12.4 Å². The molecule has 0 aromatic carbocycles. The van der Waals surface area contributed by atoms with E-state index in [-0.39, 0.29) is 25.0 Å². The number of rotatable bonds is 8. The van der Waals surface area contributed by atoms with E-state index in [1.165, 1.54) is 13.2 Å². The van der Waals surface area contributed by atoms with E-state index in [1.807, 2.05) is 0 Å². The fourth-order valence-corrected chi connectivity index (χ4v) is 2.09. The van der Waals surface area contributed by atoms with Crippen LogP contribution in [0.4, 0.5) is 0 Å². The van der Waals surface area contributed by atoms with Crippen LogP contribution in [0.3, 0.4) is 0 Å². The van der Waals surface area contributed by atoms with E-state index in [2.05, 4.69) is 11.3 Å². The molecule has 0 saturated heterocycles. The minimum Gasteiger partial charge on any atom is -0.396 e. The van der Waals surface area contributed by atoms with Crippen molar-refractivity contribution in [2.45, 2.75) is 12.5 Å². The zero-order valence-corrected chi connectivity index (χ0v) is 9.09. The van der Waals surface area contributed by atoms with Crippen molar-refractivity contribution in [3.05, 3.63) is 12.7 Å². The lowest BCUT2D eigenvalue weighted by atomic mass is 10.2. The lowest BCUT2D eigenvalue weighted by Crippen LogP contribution is -2.39. The van der Waals surface area contributed by atoms with Crippen molar-refractivity contribution in [1.82, 2.24) is 4.72 Å². The summed E-state index contributed by atoms with van der Waals surface area (Å²) in [5.41, 5.74) is 0. The van der Waals surface area contributed by atoms with Gasteiger partial charge in [-0.3, -0.25) is 0 Å². The first-order valence-electron chi connectivity index (χ1n) is 4.26. The van der Waals surface area contributed by atoms with Crippen LogP contribution in [0.15, 0.2) is 12.7 Å². The summed E-state index contributed by atoms with van der Waals surface area (Å²) < 4.78 is 29.8. The van der Waals surface area contributed by atoms with E-state index >= 15 is 0 Å². The van der Waals surface area contributed by atoms with E-state index in [0.717, 1.165) is 0 Å². The molecule has 0 rings (SSSR count). The predicted octanol–water partition coefficient (Wildman–Crippen LogP) is -0.511. The minimum atomic E-state index is -3.33. The number of aliphatic hydroxyl groups is 1. The first kappa shape index (κ1) is 13.6. The first-order chi connectivity index (χ1) is 6.55. The maximum absolute atomic E-state index is 11.3. The average Bonchev–Trinajstić information content (AvgIpc) is 2.03. The molecule has 0 aromatic heterocycles. The molecule has 0 amide bonds. The molecule has 0 heterocycles. The fraction of sp³-hybridized carbons (Fsp3) is 0.750. The van der Waals surface area contributed by atoms with Crippen LogP contribution in [0.5, 0.6) is 0 Å². The third-order valence-corrected chi connectivity index (χ3v) is 2.90. The number of sulfonamides is 1. The molecule has 5 nitrogen and oxygen atoms in total. The smallest absolute Gasteiger partial charge is 0.215 e. The van der Waals surface area contributed by atoms with Gasteiger partial charge in [0.2, 0.25) is 10.0 Å². The Kier molecular flexibility index (Phi) is 6.73. The van der Waals surface area contributed by atoms with Gasteiger partial charge in [0, 0.05) is 19.8 Å². The Morgan fingerprint density at radius 3 is 2.71 bits per heavy atom. The Hall–Kier alpha value is -0.430. The third-order valence-electron chi connectivity index (χ3n) is 1.53. The molecule has 0 aliphatic heterocycles. The zero-order chi connectivity index (χ0) is 11.0. The van der Waals surface area contributed by atoms with E-state index in [4.69, 9.17) is 9.84 Å². The predicted molar refractivity (Wildman–Crippen MR) is 54.5 cm³/mol. The summed E-state index contributed by atoms with van der Waals surface area (Å²) >= 11 is 0. The SMILES string of the molecule is C=CCS(=O)(=O)NC(CCO)COC. The third kappa shape index (κ3) is 6.09. The fourth-order valence-electron chi connectivity index (χ4n) is 0.990.